The van der Waals surface area contributed by atoms with Crippen molar-refractivity contribution in [2.75, 3.05) is 0 Å². The highest BCUT2D eigenvalue weighted by molar-refractivity contribution is 7.90. The Hall–Kier alpha value is -2.79. The van der Waals surface area contributed by atoms with Crippen LogP contribution in [0.15, 0.2) is 82.7 Å². The number of hydrogen-bond donors (Lipinski definition) is 2. The molecule has 2 N–H and O–H groups in total. The number of ether oxygens (including phenoxy) is 1. The van der Waals surface area contributed by atoms with Crippen molar-refractivity contribution in [2.45, 2.75) is 41.8 Å². The van der Waals surface area contributed by atoms with Crippen LogP contribution in [0.4, 0.5) is 0 Å². The van der Waals surface area contributed by atoms with Gasteiger partial charge in [-0.15, -0.1) is 0 Å². The minimum Gasteiger partial charge on any atom is -0.487 e. The minimum atomic E-state index is -3.82. The Morgan fingerprint density at radius 2 is 1.59 bits per heavy atom. The van der Waals surface area contributed by atoms with Gasteiger partial charge in [-0.2, -0.15) is 0 Å². The molecular weight excluding hydrogens is 450 g/mol. The van der Waals surface area contributed by atoms with Crippen LogP contribution in [0.2, 0.25) is 0 Å². The molecule has 1 fully saturated rings. The SMILES string of the molecule is O=S(=O)(NCc1cccc(OCc2ccccn2)c1)c1ccc(S(=O)(=O)NC2CC2)cc1. The van der Waals surface area contributed by atoms with Crippen molar-refractivity contribution >= 4 is 20.0 Å². The zero-order valence-electron chi connectivity index (χ0n) is 17.1. The van der Waals surface area contributed by atoms with Crippen molar-refractivity contribution in [3.63, 3.8) is 0 Å². The summed E-state index contributed by atoms with van der Waals surface area (Å²) in [4.78, 5) is 4.23. The number of nitrogens with one attached hydrogen (secondary N) is 2. The lowest BCUT2D eigenvalue weighted by Crippen LogP contribution is -2.26. The van der Waals surface area contributed by atoms with Crippen molar-refractivity contribution in [3.8, 4) is 5.75 Å². The molecule has 0 atom stereocenters. The number of sulfonamides is 2. The molecular formula is C22H23N3O5S2. The van der Waals surface area contributed by atoms with Crippen molar-refractivity contribution in [2.24, 2.45) is 0 Å². The molecule has 0 unspecified atom stereocenters. The van der Waals surface area contributed by atoms with Gasteiger partial charge in [-0.25, -0.2) is 26.3 Å². The Bertz CT molecular complexity index is 1270. The van der Waals surface area contributed by atoms with E-state index in [0.29, 0.717) is 12.4 Å². The number of pyridine rings is 1. The van der Waals surface area contributed by atoms with E-state index in [1.54, 1.807) is 30.5 Å². The molecule has 0 saturated heterocycles. The summed E-state index contributed by atoms with van der Waals surface area (Å²) in [6, 6.07) is 17.8. The van der Waals surface area contributed by atoms with Crippen molar-refractivity contribution in [1.29, 1.82) is 0 Å². The number of hydrogen-bond acceptors (Lipinski definition) is 6. The van der Waals surface area contributed by atoms with Gasteiger partial charge in [0.05, 0.1) is 15.5 Å². The Labute approximate surface area is 187 Å². The molecule has 0 bridgehead atoms. The molecule has 1 aliphatic rings. The molecule has 0 amide bonds. The normalized spacial score (nSPS) is 14.2. The lowest BCUT2D eigenvalue weighted by molar-refractivity contribution is 0.301. The number of benzene rings is 2. The topological polar surface area (TPSA) is 114 Å². The van der Waals surface area contributed by atoms with Crippen LogP contribution in [0, 0.1) is 0 Å². The summed E-state index contributed by atoms with van der Waals surface area (Å²) in [5.74, 6) is 0.602. The van der Waals surface area contributed by atoms with Crippen LogP contribution in [0.3, 0.4) is 0 Å². The largest absolute Gasteiger partial charge is 0.487 e. The molecule has 1 aromatic heterocycles. The van der Waals surface area contributed by atoms with Gasteiger partial charge in [-0.3, -0.25) is 4.98 Å². The molecule has 4 rings (SSSR count). The summed E-state index contributed by atoms with van der Waals surface area (Å²) in [6.45, 7) is 0.368. The van der Waals surface area contributed by atoms with E-state index in [2.05, 4.69) is 14.4 Å². The van der Waals surface area contributed by atoms with Crippen molar-refractivity contribution in [1.82, 2.24) is 14.4 Å². The van der Waals surface area contributed by atoms with Gasteiger partial charge in [0.2, 0.25) is 20.0 Å². The first-order valence-corrected chi connectivity index (χ1v) is 13.0. The average Bonchev–Trinajstić information content (AvgIpc) is 3.61. The first kappa shape index (κ1) is 22.4. The second-order valence-electron chi connectivity index (χ2n) is 7.45. The molecule has 1 saturated carbocycles. The Morgan fingerprint density at radius 3 is 2.25 bits per heavy atom. The maximum atomic E-state index is 12.6. The third-order valence-electron chi connectivity index (χ3n) is 4.82. The van der Waals surface area contributed by atoms with Crippen LogP contribution in [-0.2, 0) is 33.2 Å². The fraction of sp³-hybridized carbons (Fsp3) is 0.227. The van der Waals surface area contributed by atoms with E-state index in [0.717, 1.165) is 24.1 Å². The maximum absolute atomic E-state index is 12.6. The van der Waals surface area contributed by atoms with E-state index in [4.69, 9.17) is 4.74 Å². The molecule has 0 radical (unpaired) electrons. The van der Waals surface area contributed by atoms with Crippen molar-refractivity contribution < 1.29 is 21.6 Å². The molecule has 168 valence electrons. The zero-order valence-corrected chi connectivity index (χ0v) is 18.8. The number of aromatic nitrogens is 1. The summed E-state index contributed by atoms with van der Waals surface area (Å²) in [6.07, 6.45) is 3.34. The predicted molar refractivity (Wildman–Crippen MR) is 119 cm³/mol. The Kier molecular flexibility index (Phi) is 6.56. The minimum absolute atomic E-state index is 0.00886. The lowest BCUT2D eigenvalue weighted by atomic mass is 10.2. The van der Waals surface area contributed by atoms with Gasteiger partial charge < -0.3 is 4.74 Å². The van der Waals surface area contributed by atoms with Gasteiger partial charge in [-0.1, -0.05) is 18.2 Å². The molecule has 1 aliphatic carbocycles. The van der Waals surface area contributed by atoms with Crippen LogP contribution in [-0.4, -0.2) is 27.9 Å². The number of rotatable bonds is 10. The van der Waals surface area contributed by atoms with Crippen LogP contribution in [0.25, 0.3) is 0 Å². The standard InChI is InChI=1S/C22H23N3O5S2/c26-31(27,21-9-11-22(12-10-21)32(28,29)25-18-7-8-18)24-15-17-4-3-6-20(14-17)30-16-19-5-1-2-13-23-19/h1-6,9-14,18,24-25H,7-8,15-16H2. The third-order valence-corrected chi connectivity index (χ3v) is 7.77. The first-order chi connectivity index (χ1) is 15.3. The summed E-state index contributed by atoms with van der Waals surface area (Å²) >= 11 is 0. The van der Waals surface area contributed by atoms with Crippen LogP contribution in [0.5, 0.6) is 5.75 Å². The number of nitrogens with zero attached hydrogens (tertiary/aromatic N) is 1. The van der Waals surface area contributed by atoms with Gasteiger partial charge in [0, 0.05) is 18.8 Å². The van der Waals surface area contributed by atoms with E-state index in [9.17, 15) is 16.8 Å². The van der Waals surface area contributed by atoms with Crippen LogP contribution >= 0.6 is 0 Å². The fourth-order valence-corrected chi connectivity index (χ4v) is 5.26. The third kappa shape index (κ3) is 5.92. The van der Waals surface area contributed by atoms with E-state index in [1.807, 2.05) is 18.2 Å². The van der Waals surface area contributed by atoms with Gasteiger partial charge in [0.25, 0.3) is 0 Å². The molecule has 1 heterocycles. The summed E-state index contributed by atoms with van der Waals surface area (Å²) < 4.78 is 60.6. The van der Waals surface area contributed by atoms with Crippen LogP contribution < -0.4 is 14.2 Å². The fourth-order valence-electron chi connectivity index (χ4n) is 2.93. The predicted octanol–water partition coefficient (Wildman–Crippen LogP) is 2.58. The Balaban J connectivity index is 1.37. The van der Waals surface area contributed by atoms with E-state index >= 15 is 0 Å². The quantitative estimate of drug-likeness (QED) is 0.468. The van der Waals surface area contributed by atoms with Gasteiger partial charge in [-0.05, 0) is 66.9 Å². The molecule has 3 aromatic rings. The molecule has 0 spiro atoms. The van der Waals surface area contributed by atoms with Gasteiger partial charge in [0.1, 0.15) is 12.4 Å². The molecule has 8 nitrogen and oxygen atoms in total. The van der Waals surface area contributed by atoms with E-state index < -0.39 is 20.0 Å². The molecule has 10 heteroatoms. The van der Waals surface area contributed by atoms with E-state index in [-0.39, 0.29) is 22.4 Å². The molecule has 32 heavy (non-hydrogen) atoms. The summed E-state index contributed by atoms with van der Waals surface area (Å²) in [7, 11) is -7.44. The lowest BCUT2D eigenvalue weighted by Gasteiger charge is -2.10. The summed E-state index contributed by atoms with van der Waals surface area (Å²) in [5.41, 5.74) is 1.51. The Morgan fingerprint density at radius 1 is 0.875 bits per heavy atom. The highest BCUT2D eigenvalue weighted by Crippen LogP contribution is 2.23. The van der Waals surface area contributed by atoms with E-state index in [1.165, 1.54) is 24.3 Å². The van der Waals surface area contributed by atoms with Crippen molar-refractivity contribution in [3.05, 3.63) is 84.2 Å². The average molecular weight is 474 g/mol. The zero-order chi connectivity index (χ0) is 22.6. The second-order valence-corrected chi connectivity index (χ2v) is 10.9. The highest BCUT2D eigenvalue weighted by Gasteiger charge is 2.28. The summed E-state index contributed by atoms with van der Waals surface area (Å²) in [5, 5.41) is 0. The smallest absolute Gasteiger partial charge is 0.240 e. The monoisotopic (exact) mass is 473 g/mol. The highest BCUT2D eigenvalue weighted by atomic mass is 32.2. The second kappa shape index (κ2) is 9.37. The molecule has 0 aliphatic heterocycles. The molecule has 2 aromatic carbocycles. The van der Waals surface area contributed by atoms with Crippen LogP contribution in [0.1, 0.15) is 24.1 Å². The van der Waals surface area contributed by atoms with Gasteiger partial charge >= 0.3 is 0 Å². The maximum Gasteiger partial charge on any atom is 0.240 e. The first-order valence-electron chi connectivity index (χ1n) is 10.1. The van der Waals surface area contributed by atoms with Gasteiger partial charge in [0.15, 0.2) is 0 Å².